The van der Waals surface area contributed by atoms with Gasteiger partial charge in [0.2, 0.25) is 11.9 Å². The van der Waals surface area contributed by atoms with E-state index < -0.39 is 0 Å². The first-order valence-corrected chi connectivity index (χ1v) is 8.12. The molecule has 2 saturated heterocycles. The van der Waals surface area contributed by atoms with Gasteiger partial charge in [-0.3, -0.25) is 4.79 Å². The van der Waals surface area contributed by atoms with Crippen molar-refractivity contribution in [3.63, 3.8) is 0 Å². The van der Waals surface area contributed by atoms with Crippen LogP contribution in [0.25, 0.3) is 0 Å². The molecule has 0 aliphatic carbocycles. The lowest BCUT2D eigenvalue weighted by atomic mass is 9.96. The standard InChI is InChI=1S/C14H19BrN4O2/c15-12-8-16-14(17-9-12)19-3-1-2-11(10-19)13(20)18-4-6-21-7-5-18/h8-9,11H,1-7,10H2. The Kier molecular flexibility index (Phi) is 4.70. The van der Waals surface area contributed by atoms with Gasteiger partial charge in [0, 0.05) is 38.6 Å². The molecule has 2 aliphatic heterocycles. The highest BCUT2D eigenvalue weighted by Crippen LogP contribution is 2.22. The highest BCUT2D eigenvalue weighted by Gasteiger charge is 2.30. The molecule has 2 aliphatic rings. The number of anilines is 1. The summed E-state index contributed by atoms with van der Waals surface area (Å²) >= 11 is 3.34. The molecule has 6 nitrogen and oxygen atoms in total. The van der Waals surface area contributed by atoms with Crippen LogP contribution in [0.4, 0.5) is 5.95 Å². The van der Waals surface area contributed by atoms with Gasteiger partial charge in [0.15, 0.2) is 0 Å². The molecule has 0 N–H and O–H groups in total. The number of nitrogens with zero attached hydrogens (tertiary/aromatic N) is 4. The van der Waals surface area contributed by atoms with Crippen molar-refractivity contribution in [2.24, 2.45) is 5.92 Å². The number of rotatable bonds is 2. The molecule has 2 fully saturated rings. The molecular formula is C14H19BrN4O2. The fourth-order valence-corrected chi connectivity index (χ4v) is 3.08. The van der Waals surface area contributed by atoms with Crippen molar-refractivity contribution in [1.82, 2.24) is 14.9 Å². The molecule has 0 radical (unpaired) electrons. The number of piperidine rings is 1. The SMILES string of the molecule is O=C(C1CCCN(c2ncc(Br)cn2)C1)N1CCOCC1. The third-order valence-corrected chi connectivity index (χ3v) is 4.39. The highest BCUT2D eigenvalue weighted by atomic mass is 79.9. The van der Waals surface area contributed by atoms with Gasteiger partial charge in [0.25, 0.3) is 0 Å². The van der Waals surface area contributed by atoms with Gasteiger partial charge < -0.3 is 14.5 Å². The maximum Gasteiger partial charge on any atom is 0.227 e. The molecule has 1 amide bonds. The largest absolute Gasteiger partial charge is 0.378 e. The average molecular weight is 355 g/mol. The average Bonchev–Trinajstić information content (AvgIpc) is 2.56. The number of carbonyl (C=O) groups is 1. The van der Waals surface area contributed by atoms with E-state index in [2.05, 4.69) is 30.8 Å². The van der Waals surface area contributed by atoms with Crippen LogP contribution in [0, 0.1) is 5.92 Å². The van der Waals surface area contributed by atoms with Crippen molar-refractivity contribution in [2.75, 3.05) is 44.3 Å². The molecule has 21 heavy (non-hydrogen) atoms. The predicted molar refractivity (Wildman–Crippen MR) is 82.1 cm³/mol. The quantitative estimate of drug-likeness (QED) is 0.801. The topological polar surface area (TPSA) is 58.6 Å². The number of halogens is 1. The van der Waals surface area contributed by atoms with E-state index in [0.29, 0.717) is 38.8 Å². The Balaban J connectivity index is 1.64. The van der Waals surface area contributed by atoms with Crippen LogP contribution < -0.4 is 4.90 Å². The highest BCUT2D eigenvalue weighted by molar-refractivity contribution is 9.10. The van der Waals surface area contributed by atoms with Crippen molar-refractivity contribution in [3.05, 3.63) is 16.9 Å². The fourth-order valence-electron chi connectivity index (χ4n) is 2.87. The molecule has 1 aromatic rings. The van der Waals surface area contributed by atoms with Gasteiger partial charge in [-0.05, 0) is 28.8 Å². The summed E-state index contributed by atoms with van der Waals surface area (Å²) < 4.78 is 6.18. The van der Waals surface area contributed by atoms with Crippen LogP contribution in [0.15, 0.2) is 16.9 Å². The summed E-state index contributed by atoms with van der Waals surface area (Å²) in [5.74, 6) is 1.00. The first-order chi connectivity index (χ1) is 10.2. The second-order valence-corrected chi connectivity index (χ2v) is 6.34. The van der Waals surface area contributed by atoms with Crippen molar-refractivity contribution < 1.29 is 9.53 Å². The van der Waals surface area contributed by atoms with E-state index in [1.54, 1.807) is 12.4 Å². The zero-order valence-corrected chi connectivity index (χ0v) is 13.5. The molecule has 1 atom stereocenters. The number of ether oxygens (including phenoxy) is 1. The Labute approximate surface area is 132 Å². The summed E-state index contributed by atoms with van der Waals surface area (Å²) in [6.45, 7) is 4.34. The van der Waals surface area contributed by atoms with Crippen LogP contribution in [0.2, 0.25) is 0 Å². The van der Waals surface area contributed by atoms with Crippen molar-refractivity contribution in [2.45, 2.75) is 12.8 Å². The lowest BCUT2D eigenvalue weighted by Gasteiger charge is -2.36. The fraction of sp³-hybridized carbons (Fsp3) is 0.643. The summed E-state index contributed by atoms with van der Waals surface area (Å²) in [4.78, 5) is 25.3. The van der Waals surface area contributed by atoms with Crippen LogP contribution in [0.5, 0.6) is 0 Å². The zero-order chi connectivity index (χ0) is 14.7. The third kappa shape index (κ3) is 3.52. The Bertz CT molecular complexity index is 490. The minimum atomic E-state index is 0.0455. The van der Waals surface area contributed by atoms with Crippen LogP contribution in [0.1, 0.15) is 12.8 Å². The van der Waals surface area contributed by atoms with E-state index in [1.165, 1.54) is 0 Å². The lowest BCUT2D eigenvalue weighted by molar-refractivity contribution is -0.139. The minimum Gasteiger partial charge on any atom is -0.378 e. The predicted octanol–water partition coefficient (Wildman–Crippen LogP) is 1.31. The maximum absolute atomic E-state index is 12.6. The van der Waals surface area contributed by atoms with Crippen LogP contribution in [-0.2, 0) is 9.53 Å². The Morgan fingerprint density at radius 3 is 2.67 bits per heavy atom. The summed E-state index contributed by atoms with van der Waals surface area (Å²) in [6, 6.07) is 0. The normalized spacial score (nSPS) is 23.2. The lowest BCUT2D eigenvalue weighted by Crippen LogP contribution is -2.48. The van der Waals surface area contributed by atoms with E-state index in [-0.39, 0.29) is 11.8 Å². The van der Waals surface area contributed by atoms with Crippen molar-refractivity contribution in [1.29, 1.82) is 0 Å². The minimum absolute atomic E-state index is 0.0455. The van der Waals surface area contributed by atoms with Crippen LogP contribution in [0.3, 0.4) is 0 Å². The molecule has 1 aromatic heterocycles. The van der Waals surface area contributed by atoms with Crippen molar-refractivity contribution >= 4 is 27.8 Å². The molecule has 3 rings (SSSR count). The molecule has 0 spiro atoms. The summed E-state index contributed by atoms with van der Waals surface area (Å²) in [5, 5.41) is 0. The number of aromatic nitrogens is 2. The van der Waals surface area contributed by atoms with Gasteiger partial charge in [-0.1, -0.05) is 0 Å². The monoisotopic (exact) mass is 354 g/mol. The van der Waals surface area contributed by atoms with Gasteiger partial charge in [-0.25, -0.2) is 9.97 Å². The van der Waals surface area contributed by atoms with Gasteiger partial charge in [-0.2, -0.15) is 0 Å². The number of morpholine rings is 1. The van der Waals surface area contributed by atoms with E-state index in [9.17, 15) is 4.79 Å². The van der Waals surface area contributed by atoms with Gasteiger partial charge in [0.05, 0.1) is 23.6 Å². The molecule has 1 unspecified atom stereocenters. The maximum atomic E-state index is 12.6. The number of carbonyl (C=O) groups excluding carboxylic acids is 1. The summed E-state index contributed by atoms with van der Waals surface area (Å²) in [6.07, 6.45) is 5.44. The van der Waals surface area contributed by atoms with Crippen molar-refractivity contribution in [3.8, 4) is 0 Å². The van der Waals surface area contributed by atoms with Crippen LogP contribution >= 0.6 is 15.9 Å². The van der Waals surface area contributed by atoms with E-state index in [1.807, 2.05) is 4.90 Å². The molecule has 114 valence electrons. The first-order valence-electron chi connectivity index (χ1n) is 7.33. The molecule has 0 bridgehead atoms. The first kappa shape index (κ1) is 14.7. The second kappa shape index (κ2) is 6.70. The van der Waals surface area contributed by atoms with E-state index in [4.69, 9.17) is 4.74 Å². The Hall–Kier alpha value is -1.21. The molecule has 7 heteroatoms. The van der Waals surface area contributed by atoms with E-state index in [0.717, 1.165) is 23.9 Å². The molecule has 0 saturated carbocycles. The second-order valence-electron chi connectivity index (χ2n) is 5.42. The Morgan fingerprint density at radius 1 is 1.24 bits per heavy atom. The summed E-state index contributed by atoms with van der Waals surface area (Å²) in [5.41, 5.74) is 0. The van der Waals surface area contributed by atoms with Gasteiger partial charge in [0.1, 0.15) is 0 Å². The zero-order valence-electron chi connectivity index (χ0n) is 11.9. The smallest absolute Gasteiger partial charge is 0.227 e. The number of amides is 1. The Morgan fingerprint density at radius 2 is 1.95 bits per heavy atom. The molecule has 3 heterocycles. The number of hydrogen-bond acceptors (Lipinski definition) is 5. The molecule has 0 aromatic carbocycles. The third-order valence-electron chi connectivity index (χ3n) is 3.98. The van der Waals surface area contributed by atoms with E-state index >= 15 is 0 Å². The van der Waals surface area contributed by atoms with Gasteiger partial charge >= 0.3 is 0 Å². The van der Waals surface area contributed by atoms with Gasteiger partial charge in [-0.15, -0.1) is 0 Å². The van der Waals surface area contributed by atoms with Crippen LogP contribution in [-0.4, -0.2) is 60.2 Å². The number of hydrogen-bond donors (Lipinski definition) is 0. The summed E-state index contributed by atoms with van der Waals surface area (Å²) in [7, 11) is 0. The molecular weight excluding hydrogens is 336 g/mol.